The van der Waals surface area contributed by atoms with Gasteiger partial charge in [-0.1, -0.05) is 5.57 Å². The number of carbonyl (C=O) groups is 1. The van der Waals surface area contributed by atoms with E-state index in [1.165, 1.54) is 6.92 Å². The van der Waals surface area contributed by atoms with Crippen LogP contribution in [0.3, 0.4) is 0 Å². The Balaban J connectivity index is 3.53. The molecule has 2 nitrogen and oxygen atoms in total. The summed E-state index contributed by atoms with van der Waals surface area (Å²) in [5.41, 5.74) is 1.10. The topological polar surface area (TPSA) is 29.1 Å². The molecule has 0 radical (unpaired) electrons. The fraction of sp³-hybridized carbons (Fsp3) is 0.625. The van der Waals surface area contributed by atoms with E-state index in [4.69, 9.17) is 0 Å². The van der Waals surface area contributed by atoms with Gasteiger partial charge in [-0.15, -0.1) is 6.58 Å². The molecular weight excluding hydrogens is 126 g/mol. The van der Waals surface area contributed by atoms with E-state index in [1.807, 2.05) is 13.8 Å². The Labute approximate surface area is 62.3 Å². The number of nitrogens with one attached hydrogen (secondary N) is 1. The molecule has 0 aliphatic rings. The van der Waals surface area contributed by atoms with Crippen LogP contribution >= 0.6 is 0 Å². The maximum absolute atomic E-state index is 10.5. The van der Waals surface area contributed by atoms with Gasteiger partial charge in [-0.25, -0.2) is 0 Å². The van der Waals surface area contributed by atoms with Gasteiger partial charge < -0.3 is 5.32 Å². The predicted molar refractivity (Wildman–Crippen MR) is 42.7 cm³/mol. The van der Waals surface area contributed by atoms with Crippen molar-refractivity contribution in [1.29, 1.82) is 0 Å². The van der Waals surface area contributed by atoms with E-state index in [1.54, 1.807) is 0 Å². The molecule has 58 valence electrons. The van der Waals surface area contributed by atoms with E-state index >= 15 is 0 Å². The van der Waals surface area contributed by atoms with Crippen molar-refractivity contribution < 1.29 is 4.79 Å². The van der Waals surface area contributed by atoms with E-state index in [0.29, 0.717) is 0 Å². The lowest BCUT2D eigenvalue weighted by Crippen LogP contribution is -2.30. The maximum Gasteiger partial charge on any atom is 0.217 e. The zero-order chi connectivity index (χ0) is 8.15. The molecule has 0 rings (SSSR count). The van der Waals surface area contributed by atoms with Crippen LogP contribution in [0.5, 0.6) is 0 Å². The monoisotopic (exact) mass is 141 g/mol. The van der Waals surface area contributed by atoms with Crippen molar-refractivity contribution in [3.63, 3.8) is 0 Å². The minimum absolute atomic E-state index is 0.0220. The van der Waals surface area contributed by atoms with Crippen LogP contribution in [-0.4, -0.2) is 11.9 Å². The highest BCUT2D eigenvalue weighted by Gasteiger charge is 2.01. The SMILES string of the molecule is C=C(C)CC(C)NC(C)=O. The van der Waals surface area contributed by atoms with E-state index in [-0.39, 0.29) is 11.9 Å². The Morgan fingerprint density at radius 2 is 2.10 bits per heavy atom. The Morgan fingerprint density at radius 1 is 1.60 bits per heavy atom. The molecule has 0 aromatic carbocycles. The Bertz CT molecular complexity index is 124. The lowest BCUT2D eigenvalue weighted by atomic mass is 10.1. The minimum atomic E-state index is 0.0220. The van der Waals surface area contributed by atoms with E-state index in [9.17, 15) is 4.79 Å². The summed E-state index contributed by atoms with van der Waals surface area (Å²) >= 11 is 0. The van der Waals surface area contributed by atoms with Gasteiger partial charge in [-0.2, -0.15) is 0 Å². The third-order valence-corrected chi connectivity index (χ3v) is 1.10. The average molecular weight is 141 g/mol. The van der Waals surface area contributed by atoms with Gasteiger partial charge in [0.05, 0.1) is 0 Å². The normalized spacial score (nSPS) is 12.3. The third kappa shape index (κ3) is 5.35. The first kappa shape index (κ1) is 9.21. The van der Waals surface area contributed by atoms with Gasteiger partial charge in [0.2, 0.25) is 5.91 Å². The number of hydrogen-bond donors (Lipinski definition) is 1. The van der Waals surface area contributed by atoms with Crippen LogP contribution < -0.4 is 5.32 Å². The number of carbonyl (C=O) groups excluding carboxylic acids is 1. The van der Waals surface area contributed by atoms with Crippen molar-refractivity contribution in [1.82, 2.24) is 5.32 Å². The zero-order valence-corrected chi connectivity index (χ0v) is 6.90. The fourth-order valence-electron chi connectivity index (χ4n) is 0.921. The molecule has 0 aliphatic heterocycles. The van der Waals surface area contributed by atoms with E-state index < -0.39 is 0 Å². The first-order valence-corrected chi connectivity index (χ1v) is 3.44. The molecule has 1 unspecified atom stereocenters. The second-order valence-electron chi connectivity index (χ2n) is 2.76. The second kappa shape index (κ2) is 4.09. The zero-order valence-electron chi connectivity index (χ0n) is 6.90. The van der Waals surface area contributed by atoms with Crippen LogP contribution in [0.15, 0.2) is 12.2 Å². The molecular formula is C8H15NO. The number of hydrogen-bond acceptors (Lipinski definition) is 1. The van der Waals surface area contributed by atoms with Crippen LogP contribution in [-0.2, 0) is 4.79 Å². The van der Waals surface area contributed by atoms with Gasteiger partial charge >= 0.3 is 0 Å². The van der Waals surface area contributed by atoms with Crippen molar-refractivity contribution in [2.24, 2.45) is 0 Å². The second-order valence-corrected chi connectivity index (χ2v) is 2.76. The first-order chi connectivity index (χ1) is 4.52. The Kier molecular flexibility index (Phi) is 3.77. The molecule has 0 heterocycles. The van der Waals surface area contributed by atoms with Crippen LogP contribution in [0.25, 0.3) is 0 Å². The molecule has 0 saturated heterocycles. The highest BCUT2D eigenvalue weighted by atomic mass is 16.1. The molecule has 1 atom stereocenters. The summed E-state index contributed by atoms with van der Waals surface area (Å²) in [5, 5.41) is 2.77. The van der Waals surface area contributed by atoms with Crippen molar-refractivity contribution in [3.05, 3.63) is 12.2 Å². The van der Waals surface area contributed by atoms with E-state index in [2.05, 4.69) is 11.9 Å². The standard InChI is InChI=1S/C8H15NO/c1-6(2)5-7(3)9-8(4)10/h7H,1,5H2,2-4H3,(H,9,10). The maximum atomic E-state index is 10.5. The molecule has 10 heavy (non-hydrogen) atoms. The van der Waals surface area contributed by atoms with Crippen molar-refractivity contribution >= 4 is 5.91 Å². The smallest absolute Gasteiger partial charge is 0.217 e. The average Bonchev–Trinajstić information content (AvgIpc) is 1.58. The Morgan fingerprint density at radius 3 is 2.40 bits per heavy atom. The largest absolute Gasteiger partial charge is 0.354 e. The quantitative estimate of drug-likeness (QED) is 0.592. The van der Waals surface area contributed by atoms with Gasteiger partial charge in [-0.3, -0.25) is 4.79 Å². The van der Waals surface area contributed by atoms with Crippen LogP contribution in [0.1, 0.15) is 27.2 Å². The highest BCUT2D eigenvalue weighted by molar-refractivity contribution is 5.73. The molecule has 0 spiro atoms. The van der Waals surface area contributed by atoms with Crippen molar-refractivity contribution in [3.8, 4) is 0 Å². The minimum Gasteiger partial charge on any atom is -0.354 e. The molecule has 0 aliphatic carbocycles. The summed E-state index contributed by atoms with van der Waals surface area (Å²) in [4.78, 5) is 10.5. The van der Waals surface area contributed by atoms with Gasteiger partial charge in [0.25, 0.3) is 0 Å². The molecule has 0 aromatic rings. The number of rotatable bonds is 3. The van der Waals surface area contributed by atoms with Crippen LogP contribution in [0.2, 0.25) is 0 Å². The van der Waals surface area contributed by atoms with Crippen molar-refractivity contribution in [2.75, 3.05) is 0 Å². The summed E-state index contributed by atoms with van der Waals surface area (Å²) in [7, 11) is 0. The van der Waals surface area contributed by atoms with Crippen LogP contribution in [0, 0.1) is 0 Å². The molecule has 0 saturated carbocycles. The molecule has 2 heteroatoms. The molecule has 0 bridgehead atoms. The number of amides is 1. The predicted octanol–water partition coefficient (Wildman–Crippen LogP) is 1.48. The van der Waals surface area contributed by atoms with Crippen molar-refractivity contribution in [2.45, 2.75) is 33.2 Å². The van der Waals surface area contributed by atoms with Gasteiger partial charge in [0, 0.05) is 13.0 Å². The summed E-state index contributed by atoms with van der Waals surface area (Å²) in [5.74, 6) is 0.0220. The fourth-order valence-corrected chi connectivity index (χ4v) is 0.921. The van der Waals surface area contributed by atoms with Crippen LogP contribution in [0.4, 0.5) is 0 Å². The molecule has 1 amide bonds. The van der Waals surface area contributed by atoms with E-state index in [0.717, 1.165) is 12.0 Å². The summed E-state index contributed by atoms with van der Waals surface area (Å²) in [6.45, 7) is 9.20. The summed E-state index contributed by atoms with van der Waals surface area (Å²) in [6, 6.07) is 0.218. The molecule has 0 aromatic heterocycles. The summed E-state index contributed by atoms with van der Waals surface area (Å²) < 4.78 is 0. The molecule has 1 N–H and O–H groups in total. The lowest BCUT2D eigenvalue weighted by Gasteiger charge is -2.10. The van der Waals surface area contributed by atoms with Gasteiger partial charge in [-0.05, 0) is 20.3 Å². The van der Waals surface area contributed by atoms with Gasteiger partial charge in [0.1, 0.15) is 0 Å². The Hall–Kier alpha value is -0.790. The first-order valence-electron chi connectivity index (χ1n) is 3.44. The highest BCUT2D eigenvalue weighted by Crippen LogP contribution is 1.99. The third-order valence-electron chi connectivity index (χ3n) is 1.10. The molecule has 0 fully saturated rings. The van der Waals surface area contributed by atoms with Gasteiger partial charge in [0.15, 0.2) is 0 Å². The summed E-state index contributed by atoms with van der Waals surface area (Å²) in [6.07, 6.45) is 0.861. The lowest BCUT2D eigenvalue weighted by molar-refractivity contribution is -0.119.